The van der Waals surface area contributed by atoms with Crippen LogP contribution >= 0.6 is 0 Å². The molecule has 0 unspecified atom stereocenters. The molecule has 1 aliphatic rings. The fourth-order valence-electron chi connectivity index (χ4n) is 2.75. The normalized spacial score (nSPS) is 14.9. The van der Waals surface area contributed by atoms with Gasteiger partial charge < -0.3 is 9.80 Å². The summed E-state index contributed by atoms with van der Waals surface area (Å²) in [5.41, 5.74) is 3.25. The Morgan fingerprint density at radius 1 is 1.00 bits per heavy atom. The van der Waals surface area contributed by atoms with E-state index in [9.17, 15) is 4.79 Å². The Bertz CT molecular complexity index is 724. The second-order valence-electron chi connectivity index (χ2n) is 5.74. The van der Waals surface area contributed by atoms with Crippen molar-refractivity contribution in [3.05, 3.63) is 41.4 Å². The van der Waals surface area contributed by atoms with Crippen molar-refractivity contribution in [1.29, 1.82) is 0 Å². The number of hydrogen-bond acceptors (Lipinski definition) is 6. The van der Waals surface area contributed by atoms with E-state index in [0.29, 0.717) is 18.8 Å². The van der Waals surface area contributed by atoms with Crippen molar-refractivity contribution in [2.75, 3.05) is 31.1 Å². The van der Waals surface area contributed by atoms with Crippen molar-refractivity contribution in [3.8, 4) is 0 Å². The molecular formula is C16H20N6O. The number of aromatic nitrogens is 4. The number of anilines is 1. The molecule has 1 saturated heterocycles. The standard InChI is InChI=1S/C16H20N6O/c1-11-8-17-9-20-15(11)21-4-6-22(7-5-21)16(23)14-12(2)13(3)18-10-19-14/h8-10H,4-7H2,1-3H3. The maximum absolute atomic E-state index is 12.7. The minimum Gasteiger partial charge on any atom is -0.353 e. The zero-order valence-corrected chi connectivity index (χ0v) is 13.7. The van der Waals surface area contributed by atoms with Crippen molar-refractivity contribution in [2.24, 2.45) is 0 Å². The van der Waals surface area contributed by atoms with Crippen LogP contribution in [0.5, 0.6) is 0 Å². The zero-order valence-electron chi connectivity index (χ0n) is 13.7. The number of carbonyl (C=O) groups is 1. The van der Waals surface area contributed by atoms with Gasteiger partial charge in [-0.2, -0.15) is 0 Å². The highest BCUT2D eigenvalue weighted by Gasteiger charge is 2.25. The van der Waals surface area contributed by atoms with Crippen LogP contribution < -0.4 is 4.90 Å². The summed E-state index contributed by atoms with van der Waals surface area (Å²) >= 11 is 0. The van der Waals surface area contributed by atoms with Crippen molar-refractivity contribution in [1.82, 2.24) is 24.8 Å². The first-order chi connectivity index (χ1) is 11.1. The van der Waals surface area contributed by atoms with Gasteiger partial charge >= 0.3 is 0 Å². The molecule has 0 radical (unpaired) electrons. The summed E-state index contributed by atoms with van der Waals surface area (Å²) in [5, 5.41) is 0. The highest BCUT2D eigenvalue weighted by atomic mass is 16.2. The van der Waals surface area contributed by atoms with Crippen LogP contribution in [-0.2, 0) is 0 Å². The summed E-state index contributed by atoms with van der Waals surface area (Å²) in [5.74, 6) is 0.924. The van der Waals surface area contributed by atoms with E-state index < -0.39 is 0 Å². The van der Waals surface area contributed by atoms with Crippen molar-refractivity contribution in [3.63, 3.8) is 0 Å². The predicted molar refractivity (Wildman–Crippen MR) is 86.4 cm³/mol. The zero-order chi connectivity index (χ0) is 16.4. The lowest BCUT2D eigenvalue weighted by Gasteiger charge is -2.35. The highest BCUT2D eigenvalue weighted by molar-refractivity contribution is 5.94. The molecule has 1 amide bonds. The first-order valence-corrected chi connectivity index (χ1v) is 7.67. The van der Waals surface area contributed by atoms with Gasteiger partial charge in [0.15, 0.2) is 0 Å². The van der Waals surface area contributed by atoms with Crippen LogP contribution in [0.3, 0.4) is 0 Å². The lowest BCUT2D eigenvalue weighted by molar-refractivity contribution is 0.0739. The fourth-order valence-corrected chi connectivity index (χ4v) is 2.75. The van der Waals surface area contributed by atoms with E-state index in [1.54, 1.807) is 6.33 Å². The van der Waals surface area contributed by atoms with Gasteiger partial charge in [0.25, 0.3) is 5.91 Å². The Morgan fingerprint density at radius 2 is 1.74 bits per heavy atom. The smallest absolute Gasteiger partial charge is 0.272 e. The van der Waals surface area contributed by atoms with Gasteiger partial charge in [-0.25, -0.2) is 19.9 Å². The molecule has 120 valence electrons. The van der Waals surface area contributed by atoms with Crippen molar-refractivity contribution in [2.45, 2.75) is 20.8 Å². The predicted octanol–water partition coefficient (Wildman–Crippen LogP) is 1.15. The van der Waals surface area contributed by atoms with Crippen LogP contribution in [0.25, 0.3) is 0 Å². The molecule has 0 aliphatic carbocycles. The number of nitrogens with zero attached hydrogens (tertiary/aromatic N) is 6. The van der Waals surface area contributed by atoms with Crippen LogP contribution in [0.15, 0.2) is 18.9 Å². The molecule has 7 nitrogen and oxygen atoms in total. The van der Waals surface area contributed by atoms with Gasteiger partial charge in [-0.1, -0.05) is 0 Å². The molecule has 0 spiro atoms. The molecule has 1 fully saturated rings. The molecule has 0 bridgehead atoms. The molecule has 3 heterocycles. The highest BCUT2D eigenvalue weighted by Crippen LogP contribution is 2.18. The van der Waals surface area contributed by atoms with Crippen molar-refractivity contribution < 1.29 is 4.79 Å². The maximum atomic E-state index is 12.7. The summed E-state index contributed by atoms with van der Waals surface area (Å²) in [6.07, 6.45) is 4.83. The Kier molecular flexibility index (Phi) is 4.18. The molecule has 3 rings (SSSR count). The van der Waals surface area contributed by atoms with E-state index in [1.807, 2.05) is 31.9 Å². The number of hydrogen-bond donors (Lipinski definition) is 0. The van der Waals surface area contributed by atoms with E-state index >= 15 is 0 Å². The number of aryl methyl sites for hydroxylation is 2. The second-order valence-corrected chi connectivity index (χ2v) is 5.74. The Balaban J connectivity index is 1.71. The average Bonchev–Trinajstić information content (AvgIpc) is 2.57. The van der Waals surface area contributed by atoms with Gasteiger partial charge in [0, 0.05) is 49.2 Å². The van der Waals surface area contributed by atoms with Gasteiger partial charge in [0.1, 0.15) is 24.2 Å². The van der Waals surface area contributed by atoms with Gasteiger partial charge in [-0.3, -0.25) is 4.79 Å². The Morgan fingerprint density at radius 3 is 2.43 bits per heavy atom. The fraction of sp³-hybridized carbons (Fsp3) is 0.438. The largest absolute Gasteiger partial charge is 0.353 e. The van der Waals surface area contributed by atoms with Gasteiger partial charge in [0.2, 0.25) is 0 Å². The summed E-state index contributed by atoms with van der Waals surface area (Å²) in [4.78, 5) is 33.4. The lowest BCUT2D eigenvalue weighted by Crippen LogP contribution is -2.49. The number of carbonyl (C=O) groups excluding carboxylic acids is 1. The monoisotopic (exact) mass is 312 g/mol. The van der Waals surface area contributed by atoms with Crippen LogP contribution in [0.2, 0.25) is 0 Å². The average molecular weight is 312 g/mol. The molecule has 2 aromatic heterocycles. The molecule has 0 atom stereocenters. The molecule has 2 aromatic rings. The van der Waals surface area contributed by atoms with Gasteiger partial charge in [-0.05, 0) is 20.8 Å². The van der Waals surface area contributed by atoms with E-state index in [4.69, 9.17) is 0 Å². The second kappa shape index (κ2) is 6.28. The molecular weight excluding hydrogens is 292 g/mol. The maximum Gasteiger partial charge on any atom is 0.272 e. The van der Waals surface area contributed by atoms with Crippen molar-refractivity contribution >= 4 is 11.7 Å². The molecule has 0 saturated carbocycles. The molecule has 1 aliphatic heterocycles. The van der Waals surface area contributed by atoms with Crippen LogP contribution in [-0.4, -0.2) is 56.9 Å². The first-order valence-electron chi connectivity index (χ1n) is 7.67. The van der Waals surface area contributed by atoms with Gasteiger partial charge in [-0.15, -0.1) is 0 Å². The summed E-state index contributed by atoms with van der Waals surface area (Å²) in [6, 6.07) is 0. The Hall–Kier alpha value is -2.57. The van der Waals surface area contributed by atoms with E-state index in [-0.39, 0.29) is 5.91 Å². The molecule has 23 heavy (non-hydrogen) atoms. The van der Waals surface area contributed by atoms with Crippen LogP contribution in [0, 0.1) is 20.8 Å². The number of rotatable bonds is 2. The van der Waals surface area contributed by atoms with E-state index in [2.05, 4.69) is 24.8 Å². The molecule has 0 aromatic carbocycles. The third kappa shape index (κ3) is 2.99. The minimum atomic E-state index is -0.0212. The first kappa shape index (κ1) is 15.3. The summed E-state index contributed by atoms with van der Waals surface area (Å²) in [7, 11) is 0. The molecule has 7 heteroatoms. The van der Waals surface area contributed by atoms with Crippen LogP contribution in [0.4, 0.5) is 5.82 Å². The van der Waals surface area contributed by atoms with E-state index in [1.165, 1.54) is 6.33 Å². The topological polar surface area (TPSA) is 75.1 Å². The summed E-state index contributed by atoms with van der Waals surface area (Å²) in [6.45, 7) is 8.61. The number of amides is 1. The number of piperazine rings is 1. The van der Waals surface area contributed by atoms with Crippen LogP contribution in [0.1, 0.15) is 27.3 Å². The Labute approximate surface area is 135 Å². The van der Waals surface area contributed by atoms with E-state index in [0.717, 1.165) is 35.7 Å². The van der Waals surface area contributed by atoms with Gasteiger partial charge in [0.05, 0.1) is 0 Å². The third-order valence-corrected chi connectivity index (χ3v) is 4.27. The molecule has 0 N–H and O–H groups in total. The quantitative estimate of drug-likeness (QED) is 0.828. The minimum absolute atomic E-state index is 0.0212. The SMILES string of the molecule is Cc1cncnc1N1CCN(C(=O)c2ncnc(C)c2C)CC1. The third-order valence-electron chi connectivity index (χ3n) is 4.27. The lowest BCUT2D eigenvalue weighted by atomic mass is 10.1. The summed E-state index contributed by atoms with van der Waals surface area (Å²) < 4.78 is 0.